The predicted molar refractivity (Wildman–Crippen MR) is 170 cm³/mol. The summed E-state index contributed by atoms with van der Waals surface area (Å²) < 4.78 is 46.7. The largest absolute Gasteiger partial charge is 0.440 e. The van der Waals surface area contributed by atoms with Crippen molar-refractivity contribution in [3.63, 3.8) is 0 Å². The summed E-state index contributed by atoms with van der Waals surface area (Å²) in [7, 11) is -4.07. The van der Waals surface area contributed by atoms with Gasteiger partial charge in [-0.2, -0.15) is 4.31 Å². The van der Waals surface area contributed by atoms with E-state index in [2.05, 4.69) is 10.6 Å². The number of amides is 2. The van der Waals surface area contributed by atoms with Crippen LogP contribution in [0.1, 0.15) is 46.6 Å². The Bertz CT molecular complexity index is 1440. The van der Waals surface area contributed by atoms with Crippen LogP contribution in [-0.4, -0.2) is 85.5 Å². The van der Waals surface area contributed by atoms with Crippen LogP contribution in [0.15, 0.2) is 59.5 Å². The topological polar surface area (TPSA) is 144 Å². The molecule has 0 aliphatic carbocycles. The molecule has 5 atom stereocenters. The highest BCUT2D eigenvalue weighted by Gasteiger charge is 2.68. The van der Waals surface area contributed by atoms with E-state index >= 15 is 0 Å². The van der Waals surface area contributed by atoms with Crippen LogP contribution in [0.5, 0.6) is 0 Å². The third-order valence-electron chi connectivity index (χ3n) is 9.01. The van der Waals surface area contributed by atoms with Gasteiger partial charge in [0.25, 0.3) is 0 Å². The molecule has 0 aromatic heterocycles. The maximum atomic E-state index is 13.8. The normalized spacial score (nSPS) is 26.0. The molecule has 0 radical (unpaired) electrons. The van der Waals surface area contributed by atoms with Gasteiger partial charge in [0.15, 0.2) is 5.79 Å². The van der Waals surface area contributed by atoms with Crippen molar-refractivity contribution in [2.75, 3.05) is 37.5 Å². The lowest BCUT2D eigenvalue weighted by molar-refractivity contribution is -0.203. The van der Waals surface area contributed by atoms with Crippen molar-refractivity contribution >= 4 is 39.3 Å². The molecule has 2 aromatic rings. The van der Waals surface area contributed by atoms with E-state index in [1.807, 2.05) is 65.0 Å². The molecule has 2 aromatic carbocycles. The van der Waals surface area contributed by atoms with Crippen LogP contribution in [0.3, 0.4) is 0 Å². The SMILES string of the molecule is CC(C)CN(C[C@@H](O)[C@H](Cc1ccccc1)NC(=O)O[C@@]1(C)CO[C@@]2(C)OCC[C@]21C)S(=O)(=O)c1ccc(NC(=O)CCl)cc1. The lowest BCUT2D eigenvalue weighted by atomic mass is 9.70. The van der Waals surface area contributed by atoms with Gasteiger partial charge in [-0.1, -0.05) is 51.1 Å². The second kappa shape index (κ2) is 13.9. The summed E-state index contributed by atoms with van der Waals surface area (Å²) in [4.78, 5) is 25.1. The Kier molecular flexibility index (Phi) is 10.9. The van der Waals surface area contributed by atoms with E-state index in [0.29, 0.717) is 18.7 Å². The van der Waals surface area contributed by atoms with E-state index in [0.717, 1.165) is 5.56 Å². The van der Waals surface area contributed by atoms with Crippen LogP contribution < -0.4 is 10.6 Å². The molecule has 13 heteroatoms. The zero-order valence-electron chi connectivity index (χ0n) is 26.4. The van der Waals surface area contributed by atoms with Crippen molar-refractivity contribution in [3.05, 3.63) is 60.2 Å². The average Bonchev–Trinajstić information content (AvgIpc) is 3.40. The second-order valence-corrected chi connectivity index (χ2v) is 14.9. The van der Waals surface area contributed by atoms with Gasteiger partial charge in [0.05, 0.1) is 35.7 Å². The number of alkyl carbamates (subject to hydrolysis) is 1. The zero-order valence-corrected chi connectivity index (χ0v) is 28.0. The lowest BCUT2D eigenvalue weighted by Crippen LogP contribution is -2.55. The van der Waals surface area contributed by atoms with Crippen molar-refractivity contribution in [2.24, 2.45) is 11.3 Å². The Morgan fingerprint density at radius 2 is 1.71 bits per heavy atom. The summed E-state index contributed by atoms with van der Waals surface area (Å²) in [6.07, 6.45) is -1.17. The standard InChI is InChI=1S/C32H44ClN3O8S/c1-22(2)19-36(45(40,41)25-13-11-24(12-14-25)34-28(38)18-33)20-27(37)26(17-23-9-7-6-8-10-23)35-29(39)44-31(4)21-43-32(5)30(31,3)15-16-42-32/h6-14,22,26-27,37H,15-21H2,1-5H3,(H,34,38)(H,35,39)/t26-,27+,30-,31-,32+/m0/s1. The van der Waals surface area contributed by atoms with Crippen LogP contribution in [0, 0.1) is 11.3 Å². The van der Waals surface area contributed by atoms with E-state index in [-0.39, 0.29) is 42.8 Å². The molecule has 0 bridgehead atoms. The van der Waals surface area contributed by atoms with Crippen LogP contribution >= 0.6 is 11.6 Å². The number of aliphatic hydroxyl groups excluding tert-OH is 1. The van der Waals surface area contributed by atoms with Gasteiger partial charge in [0.2, 0.25) is 15.9 Å². The van der Waals surface area contributed by atoms with Crippen molar-refractivity contribution in [3.8, 4) is 0 Å². The molecule has 2 saturated heterocycles. The van der Waals surface area contributed by atoms with E-state index in [4.69, 9.17) is 25.8 Å². The monoisotopic (exact) mass is 665 g/mol. The van der Waals surface area contributed by atoms with E-state index in [1.54, 1.807) is 0 Å². The summed E-state index contributed by atoms with van der Waals surface area (Å²) in [5.41, 5.74) is -0.336. The van der Waals surface area contributed by atoms with Crippen molar-refractivity contribution in [1.29, 1.82) is 0 Å². The minimum absolute atomic E-state index is 0.00423. The van der Waals surface area contributed by atoms with Gasteiger partial charge in [-0.05, 0) is 62.4 Å². The first kappa shape index (κ1) is 35.1. The number of halogens is 1. The van der Waals surface area contributed by atoms with Gasteiger partial charge in [-0.3, -0.25) is 4.79 Å². The van der Waals surface area contributed by atoms with Crippen molar-refractivity contribution in [2.45, 2.75) is 75.9 Å². The van der Waals surface area contributed by atoms with E-state index < -0.39 is 51.0 Å². The zero-order chi connectivity index (χ0) is 33.0. The molecule has 2 aliphatic rings. The van der Waals surface area contributed by atoms with Gasteiger partial charge in [0, 0.05) is 18.8 Å². The molecule has 2 fully saturated rings. The van der Waals surface area contributed by atoms with Crippen LogP contribution in [0.2, 0.25) is 0 Å². The fourth-order valence-corrected chi connectivity index (χ4v) is 7.65. The fraction of sp³-hybridized carbons (Fsp3) is 0.562. The molecule has 248 valence electrons. The number of carbonyl (C=O) groups is 2. The molecule has 0 saturated carbocycles. The number of fused-ring (bicyclic) bond motifs is 1. The third-order valence-corrected chi connectivity index (χ3v) is 11.1. The Balaban J connectivity index is 1.55. The fourth-order valence-electron chi connectivity index (χ4n) is 5.96. The highest BCUT2D eigenvalue weighted by Crippen LogP contribution is 2.57. The predicted octanol–water partition coefficient (Wildman–Crippen LogP) is 4.14. The van der Waals surface area contributed by atoms with Gasteiger partial charge in [-0.15, -0.1) is 11.6 Å². The summed E-state index contributed by atoms with van der Waals surface area (Å²) in [6.45, 7) is 9.86. The number of aliphatic hydroxyl groups is 1. The molecule has 2 amide bonds. The molecular formula is C32H44ClN3O8S. The number of hydrogen-bond acceptors (Lipinski definition) is 8. The number of anilines is 1. The van der Waals surface area contributed by atoms with E-state index in [9.17, 15) is 23.1 Å². The maximum Gasteiger partial charge on any atom is 0.408 e. The first-order valence-electron chi connectivity index (χ1n) is 15.1. The number of sulfonamides is 1. The number of ether oxygens (including phenoxy) is 3. The smallest absolute Gasteiger partial charge is 0.408 e. The Morgan fingerprint density at radius 3 is 2.33 bits per heavy atom. The number of alkyl halides is 1. The lowest BCUT2D eigenvalue weighted by Gasteiger charge is -2.40. The average molecular weight is 666 g/mol. The molecular weight excluding hydrogens is 622 g/mol. The van der Waals surface area contributed by atoms with E-state index in [1.165, 1.54) is 28.6 Å². The molecule has 0 spiro atoms. The first-order chi connectivity index (χ1) is 21.1. The molecule has 0 unspecified atom stereocenters. The van der Waals surface area contributed by atoms with Crippen molar-refractivity contribution in [1.82, 2.24) is 9.62 Å². The van der Waals surface area contributed by atoms with Crippen LogP contribution in [0.25, 0.3) is 0 Å². The summed E-state index contributed by atoms with van der Waals surface area (Å²) in [6, 6.07) is 14.2. The quantitative estimate of drug-likeness (QED) is 0.271. The molecule has 11 nitrogen and oxygen atoms in total. The van der Waals surface area contributed by atoms with Gasteiger partial charge in [0.1, 0.15) is 11.5 Å². The molecule has 45 heavy (non-hydrogen) atoms. The molecule has 3 N–H and O–H groups in total. The van der Waals surface area contributed by atoms with Gasteiger partial charge >= 0.3 is 6.09 Å². The summed E-state index contributed by atoms with van der Waals surface area (Å²) >= 11 is 5.55. The third kappa shape index (κ3) is 7.64. The molecule has 2 heterocycles. The summed E-state index contributed by atoms with van der Waals surface area (Å²) in [5, 5.41) is 17.0. The number of hydrogen-bond donors (Lipinski definition) is 3. The minimum Gasteiger partial charge on any atom is -0.440 e. The van der Waals surface area contributed by atoms with Gasteiger partial charge in [-0.25, -0.2) is 13.2 Å². The number of benzene rings is 2. The number of rotatable bonds is 13. The maximum absolute atomic E-state index is 13.8. The molecule has 2 aliphatic heterocycles. The van der Waals surface area contributed by atoms with Crippen LogP contribution in [0.4, 0.5) is 10.5 Å². The second-order valence-electron chi connectivity index (χ2n) is 12.7. The Labute approximate surface area is 270 Å². The van der Waals surface area contributed by atoms with Gasteiger partial charge < -0.3 is 30.0 Å². The highest BCUT2D eigenvalue weighted by molar-refractivity contribution is 7.89. The first-order valence-corrected chi connectivity index (χ1v) is 17.1. The number of nitrogens with zero attached hydrogens (tertiary/aromatic N) is 1. The minimum atomic E-state index is -4.07. The molecule has 4 rings (SSSR count). The highest BCUT2D eigenvalue weighted by atomic mass is 35.5. The number of nitrogens with one attached hydrogen (secondary N) is 2. The summed E-state index contributed by atoms with van der Waals surface area (Å²) in [5.74, 6) is -1.59. The Morgan fingerprint density at radius 1 is 1.04 bits per heavy atom. The van der Waals surface area contributed by atoms with Crippen molar-refractivity contribution < 1.29 is 37.3 Å². The number of carbonyl (C=O) groups excluding carboxylic acids is 2. The van der Waals surface area contributed by atoms with Crippen LogP contribution in [-0.2, 0) is 35.4 Å². The Hall–Kier alpha value is -2.74.